The molecule has 0 saturated carbocycles. The molecule has 1 fully saturated rings. The third-order valence-corrected chi connectivity index (χ3v) is 4.36. The summed E-state index contributed by atoms with van der Waals surface area (Å²) in [4.78, 5) is 26.1. The molecule has 2 heterocycles. The highest BCUT2D eigenvalue weighted by atomic mass is 79.9. The lowest BCUT2D eigenvalue weighted by Gasteiger charge is -2.16. The molecular weight excluding hydrogens is 360 g/mol. The van der Waals surface area contributed by atoms with Crippen LogP contribution in [0.15, 0.2) is 51.6 Å². The van der Waals surface area contributed by atoms with Crippen molar-refractivity contribution in [2.45, 2.75) is 19.5 Å². The van der Waals surface area contributed by atoms with Gasteiger partial charge < -0.3 is 14.6 Å². The van der Waals surface area contributed by atoms with Crippen LogP contribution >= 0.6 is 15.9 Å². The zero-order valence-corrected chi connectivity index (χ0v) is 14.1. The Morgan fingerprint density at radius 3 is 2.96 bits per heavy atom. The standard InChI is InChI=1S/C17H17BrN2O3/c18-14-4-1-3-12(7-14)10-20-11-13(8-16(20)21)17(22)19-9-15-5-2-6-23-15/h1-7,13H,8-11H2,(H,19,22). The minimum Gasteiger partial charge on any atom is -0.467 e. The third kappa shape index (κ3) is 4.01. The number of hydrogen-bond acceptors (Lipinski definition) is 3. The molecule has 1 aliphatic heterocycles. The lowest BCUT2D eigenvalue weighted by Crippen LogP contribution is -2.32. The van der Waals surface area contributed by atoms with Crippen LogP contribution in [-0.4, -0.2) is 23.3 Å². The number of halogens is 1. The lowest BCUT2D eigenvalue weighted by molar-refractivity contribution is -0.129. The monoisotopic (exact) mass is 376 g/mol. The van der Waals surface area contributed by atoms with Gasteiger partial charge in [-0.2, -0.15) is 0 Å². The van der Waals surface area contributed by atoms with E-state index in [-0.39, 0.29) is 24.2 Å². The molecule has 1 aromatic carbocycles. The molecule has 1 aliphatic rings. The highest BCUT2D eigenvalue weighted by Gasteiger charge is 2.34. The summed E-state index contributed by atoms with van der Waals surface area (Å²) in [5.41, 5.74) is 1.05. The maximum absolute atomic E-state index is 12.2. The van der Waals surface area contributed by atoms with Crippen LogP contribution in [0, 0.1) is 5.92 Å². The highest BCUT2D eigenvalue weighted by molar-refractivity contribution is 9.10. The summed E-state index contributed by atoms with van der Waals surface area (Å²) in [7, 11) is 0. The number of likely N-dealkylation sites (tertiary alicyclic amines) is 1. The molecule has 2 amide bonds. The van der Waals surface area contributed by atoms with Gasteiger partial charge in [0, 0.05) is 24.0 Å². The van der Waals surface area contributed by atoms with E-state index in [2.05, 4.69) is 21.2 Å². The summed E-state index contributed by atoms with van der Waals surface area (Å²) >= 11 is 3.42. The molecule has 120 valence electrons. The Labute approximate surface area is 142 Å². The zero-order chi connectivity index (χ0) is 16.2. The van der Waals surface area contributed by atoms with Gasteiger partial charge in [0.1, 0.15) is 5.76 Å². The van der Waals surface area contributed by atoms with Crippen molar-refractivity contribution >= 4 is 27.7 Å². The van der Waals surface area contributed by atoms with Crippen LogP contribution in [0.5, 0.6) is 0 Å². The first-order valence-electron chi connectivity index (χ1n) is 7.44. The van der Waals surface area contributed by atoms with Crippen molar-refractivity contribution in [3.05, 3.63) is 58.5 Å². The number of furan rings is 1. The van der Waals surface area contributed by atoms with Crippen molar-refractivity contribution in [3.63, 3.8) is 0 Å². The van der Waals surface area contributed by atoms with Crippen molar-refractivity contribution in [3.8, 4) is 0 Å². The van der Waals surface area contributed by atoms with Crippen LogP contribution in [-0.2, 0) is 22.7 Å². The second kappa shape index (κ2) is 7.00. The quantitative estimate of drug-likeness (QED) is 0.872. The van der Waals surface area contributed by atoms with E-state index in [9.17, 15) is 9.59 Å². The van der Waals surface area contributed by atoms with E-state index in [1.165, 1.54) is 0 Å². The van der Waals surface area contributed by atoms with E-state index in [4.69, 9.17) is 4.42 Å². The van der Waals surface area contributed by atoms with Gasteiger partial charge in [0.05, 0.1) is 18.7 Å². The molecule has 1 N–H and O–H groups in total. The SMILES string of the molecule is O=C(NCc1ccco1)C1CC(=O)N(Cc2cccc(Br)c2)C1. The molecule has 0 spiro atoms. The molecule has 23 heavy (non-hydrogen) atoms. The largest absolute Gasteiger partial charge is 0.467 e. The van der Waals surface area contributed by atoms with E-state index in [0.29, 0.717) is 25.4 Å². The van der Waals surface area contributed by atoms with E-state index >= 15 is 0 Å². The molecule has 0 radical (unpaired) electrons. The maximum atomic E-state index is 12.2. The fraction of sp³-hybridized carbons (Fsp3) is 0.294. The number of carbonyl (C=O) groups excluding carboxylic acids is 2. The van der Waals surface area contributed by atoms with Gasteiger partial charge in [-0.25, -0.2) is 0 Å². The maximum Gasteiger partial charge on any atom is 0.225 e. The number of benzene rings is 1. The van der Waals surface area contributed by atoms with Gasteiger partial charge in [-0.1, -0.05) is 28.1 Å². The first-order valence-corrected chi connectivity index (χ1v) is 8.23. The normalized spacial score (nSPS) is 17.5. The van der Waals surface area contributed by atoms with Crippen molar-refractivity contribution in [2.24, 2.45) is 5.92 Å². The van der Waals surface area contributed by atoms with Crippen molar-refractivity contribution < 1.29 is 14.0 Å². The molecule has 3 rings (SSSR count). The predicted molar refractivity (Wildman–Crippen MR) is 88.2 cm³/mol. The number of nitrogens with zero attached hydrogens (tertiary/aromatic N) is 1. The van der Waals surface area contributed by atoms with Gasteiger partial charge in [0.15, 0.2) is 0 Å². The summed E-state index contributed by atoms with van der Waals surface area (Å²) in [6, 6.07) is 11.4. The first-order chi connectivity index (χ1) is 11.1. The zero-order valence-electron chi connectivity index (χ0n) is 12.5. The third-order valence-electron chi connectivity index (χ3n) is 3.86. The predicted octanol–water partition coefficient (Wildman–Crippen LogP) is 2.71. The number of rotatable bonds is 5. The summed E-state index contributed by atoms with van der Waals surface area (Å²) < 4.78 is 6.16. The van der Waals surface area contributed by atoms with Gasteiger partial charge in [-0.15, -0.1) is 0 Å². The highest BCUT2D eigenvalue weighted by Crippen LogP contribution is 2.21. The smallest absolute Gasteiger partial charge is 0.225 e. The van der Waals surface area contributed by atoms with Crippen LogP contribution in [0.1, 0.15) is 17.7 Å². The fourth-order valence-electron chi connectivity index (χ4n) is 2.69. The number of nitrogens with one attached hydrogen (secondary N) is 1. The molecule has 1 aromatic heterocycles. The van der Waals surface area contributed by atoms with Gasteiger partial charge in [-0.3, -0.25) is 9.59 Å². The number of hydrogen-bond donors (Lipinski definition) is 1. The molecule has 5 nitrogen and oxygen atoms in total. The average molecular weight is 377 g/mol. The second-order valence-electron chi connectivity index (χ2n) is 5.60. The van der Waals surface area contributed by atoms with Gasteiger partial charge >= 0.3 is 0 Å². The van der Waals surface area contributed by atoms with Crippen LogP contribution in [0.25, 0.3) is 0 Å². The van der Waals surface area contributed by atoms with Crippen LogP contribution in [0.4, 0.5) is 0 Å². The fourth-order valence-corrected chi connectivity index (χ4v) is 3.13. The van der Waals surface area contributed by atoms with Crippen LogP contribution < -0.4 is 5.32 Å². The minimum absolute atomic E-state index is 0.0168. The first kappa shape index (κ1) is 15.8. The lowest BCUT2D eigenvalue weighted by atomic mass is 10.1. The summed E-state index contributed by atoms with van der Waals surface area (Å²) in [6.07, 6.45) is 1.83. The van der Waals surface area contributed by atoms with E-state index in [1.54, 1.807) is 23.3 Å². The van der Waals surface area contributed by atoms with Crippen molar-refractivity contribution in [1.82, 2.24) is 10.2 Å². The van der Waals surface area contributed by atoms with Crippen LogP contribution in [0.2, 0.25) is 0 Å². The van der Waals surface area contributed by atoms with Crippen molar-refractivity contribution in [2.75, 3.05) is 6.54 Å². The molecular formula is C17H17BrN2O3. The van der Waals surface area contributed by atoms with E-state index in [1.807, 2.05) is 24.3 Å². The molecule has 2 aromatic rings. The second-order valence-corrected chi connectivity index (χ2v) is 6.52. The van der Waals surface area contributed by atoms with E-state index < -0.39 is 0 Å². The summed E-state index contributed by atoms with van der Waals surface area (Å²) in [5, 5.41) is 2.82. The molecule has 1 atom stereocenters. The Morgan fingerprint density at radius 2 is 2.22 bits per heavy atom. The van der Waals surface area contributed by atoms with Crippen LogP contribution in [0.3, 0.4) is 0 Å². The van der Waals surface area contributed by atoms with Crippen molar-refractivity contribution in [1.29, 1.82) is 0 Å². The molecule has 0 aliphatic carbocycles. The minimum atomic E-state index is -0.301. The Morgan fingerprint density at radius 1 is 1.35 bits per heavy atom. The Hall–Kier alpha value is -2.08. The van der Waals surface area contributed by atoms with E-state index in [0.717, 1.165) is 10.0 Å². The Balaban J connectivity index is 1.55. The molecule has 1 saturated heterocycles. The Kier molecular flexibility index (Phi) is 4.81. The summed E-state index contributed by atoms with van der Waals surface area (Å²) in [6.45, 7) is 1.33. The van der Waals surface area contributed by atoms with Gasteiger partial charge in [-0.05, 0) is 29.8 Å². The summed E-state index contributed by atoms with van der Waals surface area (Å²) in [5.74, 6) is 0.313. The van der Waals surface area contributed by atoms with Gasteiger partial charge in [0.25, 0.3) is 0 Å². The number of carbonyl (C=O) groups is 2. The molecule has 6 heteroatoms. The van der Waals surface area contributed by atoms with Gasteiger partial charge in [0.2, 0.25) is 11.8 Å². The Bertz CT molecular complexity index is 700. The topological polar surface area (TPSA) is 62.6 Å². The molecule has 1 unspecified atom stereocenters. The number of amides is 2. The average Bonchev–Trinajstić information content (AvgIpc) is 3.15. The molecule has 0 bridgehead atoms.